The normalized spacial score (nSPS) is 14.0. The van der Waals surface area contributed by atoms with E-state index in [2.05, 4.69) is 4.72 Å². The van der Waals surface area contributed by atoms with Crippen LogP contribution in [0.3, 0.4) is 0 Å². The van der Waals surface area contributed by atoms with Gasteiger partial charge >= 0.3 is 5.97 Å². The van der Waals surface area contributed by atoms with Crippen molar-refractivity contribution in [3.05, 3.63) is 64.7 Å². The zero-order valence-electron chi connectivity index (χ0n) is 13.6. The van der Waals surface area contributed by atoms with Gasteiger partial charge in [0.1, 0.15) is 4.90 Å². The highest BCUT2D eigenvalue weighted by Gasteiger charge is 2.29. The first-order valence-corrected chi connectivity index (χ1v) is 9.80. The largest absolute Gasteiger partial charge is 0.454 e. The minimum Gasteiger partial charge on any atom is -0.454 e. The van der Waals surface area contributed by atoms with E-state index in [1.807, 2.05) is 0 Å². The molecule has 1 saturated carbocycles. The van der Waals surface area contributed by atoms with Crippen LogP contribution in [0.2, 0.25) is 5.02 Å². The second-order valence-electron chi connectivity index (χ2n) is 5.91. The van der Waals surface area contributed by atoms with Crippen molar-refractivity contribution in [2.24, 2.45) is 0 Å². The van der Waals surface area contributed by atoms with Gasteiger partial charge in [-0.25, -0.2) is 17.9 Å². The molecule has 1 aliphatic carbocycles. The molecule has 0 unspecified atom stereocenters. The second kappa shape index (κ2) is 7.57. The fourth-order valence-corrected chi connectivity index (χ4v) is 4.07. The maximum Gasteiger partial charge on any atom is 0.338 e. The standard InChI is InChI=1S/C18H16ClNO5S/c19-15-9-6-13(10-17(15)26(23,24)20-14-7-8-14)18(22)25-11-16(21)12-4-2-1-3-5-12/h1-6,9-10,14,20H,7-8,11H2. The molecule has 3 rings (SSSR count). The second-order valence-corrected chi connectivity index (χ2v) is 8.00. The van der Waals surface area contributed by atoms with Gasteiger partial charge in [0.05, 0.1) is 10.6 Å². The number of carbonyl (C=O) groups is 2. The summed E-state index contributed by atoms with van der Waals surface area (Å²) in [6.07, 6.45) is 1.56. The highest BCUT2D eigenvalue weighted by Crippen LogP contribution is 2.27. The van der Waals surface area contributed by atoms with Crippen LogP contribution in [0.25, 0.3) is 0 Å². The van der Waals surface area contributed by atoms with Crippen molar-refractivity contribution in [3.63, 3.8) is 0 Å². The van der Waals surface area contributed by atoms with E-state index in [9.17, 15) is 18.0 Å². The van der Waals surface area contributed by atoms with Gasteiger partial charge < -0.3 is 4.74 Å². The zero-order valence-corrected chi connectivity index (χ0v) is 15.2. The Balaban J connectivity index is 1.71. The van der Waals surface area contributed by atoms with Crippen molar-refractivity contribution in [1.29, 1.82) is 0 Å². The van der Waals surface area contributed by atoms with Crippen molar-refractivity contribution >= 4 is 33.4 Å². The third kappa shape index (κ3) is 4.49. The number of benzene rings is 2. The molecule has 0 heterocycles. The lowest BCUT2D eigenvalue weighted by molar-refractivity contribution is 0.0474. The topological polar surface area (TPSA) is 89.5 Å². The number of hydrogen-bond acceptors (Lipinski definition) is 5. The molecule has 26 heavy (non-hydrogen) atoms. The Morgan fingerprint density at radius 1 is 1.08 bits per heavy atom. The average molecular weight is 394 g/mol. The van der Waals surface area contributed by atoms with Crippen LogP contribution in [-0.2, 0) is 14.8 Å². The summed E-state index contributed by atoms with van der Waals surface area (Å²) in [6.45, 7) is -0.437. The van der Waals surface area contributed by atoms with Crippen LogP contribution in [0.15, 0.2) is 53.4 Å². The van der Waals surface area contributed by atoms with Crippen molar-refractivity contribution in [2.75, 3.05) is 6.61 Å². The first kappa shape index (κ1) is 18.6. The number of carbonyl (C=O) groups excluding carboxylic acids is 2. The first-order chi connectivity index (χ1) is 12.4. The molecule has 8 heteroatoms. The van der Waals surface area contributed by atoms with Crippen molar-refractivity contribution in [2.45, 2.75) is 23.8 Å². The number of halogens is 1. The Morgan fingerprint density at radius 3 is 2.42 bits per heavy atom. The van der Waals surface area contributed by atoms with Crippen molar-refractivity contribution in [1.82, 2.24) is 4.72 Å². The SMILES string of the molecule is O=C(COC(=O)c1ccc(Cl)c(S(=O)(=O)NC2CC2)c1)c1ccccc1. The van der Waals surface area contributed by atoms with Gasteiger partial charge in [0.15, 0.2) is 12.4 Å². The predicted octanol–water partition coefficient (Wildman–Crippen LogP) is 2.82. The minimum absolute atomic E-state index is 0.00596. The van der Waals surface area contributed by atoms with Gasteiger partial charge in [-0.1, -0.05) is 41.9 Å². The molecule has 1 fully saturated rings. The Morgan fingerprint density at radius 2 is 1.77 bits per heavy atom. The van der Waals surface area contributed by atoms with E-state index in [1.165, 1.54) is 12.1 Å². The zero-order chi connectivity index (χ0) is 18.7. The Hall–Kier alpha value is -2.22. The fourth-order valence-electron chi connectivity index (χ4n) is 2.24. The number of ketones is 1. The smallest absolute Gasteiger partial charge is 0.338 e. The van der Waals surface area contributed by atoms with Crippen LogP contribution < -0.4 is 4.72 Å². The summed E-state index contributed by atoms with van der Waals surface area (Å²) in [6, 6.07) is 12.2. The van der Waals surface area contributed by atoms with Crippen LogP contribution in [0.5, 0.6) is 0 Å². The van der Waals surface area contributed by atoms with E-state index in [0.717, 1.165) is 18.9 Å². The molecule has 2 aromatic carbocycles. The highest BCUT2D eigenvalue weighted by molar-refractivity contribution is 7.89. The molecule has 0 saturated heterocycles. The number of hydrogen-bond donors (Lipinski definition) is 1. The lowest BCUT2D eigenvalue weighted by Gasteiger charge is -2.10. The summed E-state index contributed by atoms with van der Waals surface area (Å²) in [4.78, 5) is 24.0. The number of nitrogens with one attached hydrogen (secondary N) is 1. The summed E-state index contributed by atoms with van der Waals surface area (Å²) in [5, 5.41) is 0.00932. The van der Waals surface area contributed by atoms with Gasteiger partial charge in [-0.2, -0.15) is 0 Å². The first-order valence-electron chi connectivity index (χ1n) is 7.94. The lowest BCUT2D eigenvalue weighted by atomic mass is 10.1. The molecule has 0 amide bonds. The summed E-state index contributed by atoms with van der Waals surface area (Å²) >= 11 is 5.97. The predicted molar refractivity (Wildman–Crippen MR) is 95.9 cm³/mol. The van der Waals surface area contributed by atoms with Crippen molar-refractivity contribution < 1.29 is 22.7 Å². The van der Waals surface area contributed by atoms with Gasteiger partial charge in [0.2, 0.25) is 10.0 Å². The summed E-state index contributed by atoms with van der Waals surface area (Å²) < 4.78 is 32.2. The average Bonchev–Trinajstić information content (AvgIpc) is 3.43. The molecule has 0 radical (unpaired) electrons. The molecule has 1 N–H and O–H groups in total. The van der Waals surface area contributed by atoms with Crippen LogP contribution in [-0.4, -0.2) is 32.8 Å². The Kier molecular flexibility index (Phi) is 5.41. The van der Waals surface area contributed by atoms with E-state index in [-0.39, 0.29) is 27.3 Å². The van der Waals surface area contributed by atoms with Gasteiger partial charge in [-0.05, 0) is 31.0 Å². The molecular formula is C18H16ClNO5S. The van der Waals surface area contributed by atoms with E-state index in [0.29, 0.717) is 5.56 Å². The summed E-state index contributed by atoms with van der Waals surface area (Å²) in [7, 11) is -3.81. The molecule has 0 atom stereocenters. The van der Waals surface area contributed by atoms with Gasteiger partial charge in [-0.15, -0.1) is 0 Å². The quantitative estimate of drug-likeness (QED) is 0.577. The fraction of sp³-hybridized carbons (Fsp3) is 0.222. The van der Waals surface area contributed by atoms with Crippen LogP contribution in [0.4, 0.5) is 0 Å². The summed E-state index contributed by atoms with van der Waals surface area (Å²) in [5.41, 5.74) is 0.430. The third-order valence-corrected chi connectivity index (χ3v) is 5.79. The molecule has 0 aliphatic heterocycles. The number of ether oxygens (including phenoxy) is 1. The monoisotopic (exact) mass is 393 g/mol. The Labute approximate surface area is 156 Å². The van der Waals surface area contributed by atoms with Crippen LogP contribution >= 0.6 is 11.6 Å². The number of sulfonamides is 1. The van der Waals surface area contributed by atoms with E-state index >= 15 is 0 Å². The van der Waals surface area contributed by atoms with E-state index < -0.39 is 22.6 Å². The number of esters is 1. The maximum absolute atomic E-state index is 12.3. The third-order valence-electron chi connectivity index (χ3n) is 3.79. The van der Waals surface area contributed by atoms with Crippen LogP contribution in [0, 0.1) is 0 Å². The molecule has 0 bridgehead atoms. The molecular weight excluding hydrogens is 378 g/mol. The molecule has 2 aromatic rings. The minimum atomic E-state index is -3.81. The highest BCUT2D eigenvalue weighted by atomic mass is 35.5. The van der Waals surface area contributed by atoms with E-state index in [4.69, 9.17) is 16.3 Å². The lowest BCUT2D eigenvalue weighted by Crippen LogP contribution is -2.26. The molecule has 1 aliphatic rings. The molecule has 6 nitrogen and oxygen atoms in total. The van der Waals surface area contributed by atoms with Crippen molar-refractivity contribution in [3.8, 4) is 0 Å². The van der Waals surface area contributed by atoms with Gasteiger partial charge in [-0.3, -0.25) is 4.79 Å². The number of rotatable bonds is 7. The van der Waals surface area contributed by atoms with Crippen LogP contribution in [0.1, 0.15) is 33.6 Å². The molecule has 0 aromatic heterocycles. The maximum atomic E-state index is 12.3. The Bertz CT molecular complexity index is 939. The van der Waals surface area contributed by atoms with Gasteiger partial charge in [0, 0.05) is 11.6 Å². The number of Topliss-reactive ketones (excluding diaryl/α,β-unsaturated/α-hetero) is 1. The molecule has 136 valence electrons. The van der Waals surface area contributed by atoms with Gasteiger partial charge in [0.25, 0.3) is 0 Å². The summed E-state index contributed by atoms with van der Waals surface area (Å²) in [5.74, 6) is -1.15. The molecule has 0 spiro atoms. The van der Waals surface area contributed by atoms with E-state index in [1.54, 1.807) is 30.3 Å².